The van der Waals surface area contributed by atoms with E-state index in [-0.39, 0.29) is 22.7 Å². The fourth-order valence-electron chi connectivity index (χ4n) is 2.36. The Labute approximate surface area is 146 Å². The smallest absolute Gasteiger partial charge is 0.387 e. The van der Waals surface area contributed by atoms with Gasteiger partial charge in [-0.2, -0.15) is 8.78 Å². The van der Waals surface area contributed by atoms with Gasteiger partial charge in [0, 0.05) is 17.1 Å². The molecule has 1 amide bonds. The van der Waals surface area contributed by atoms with E-state index in [0.717, 1.165) is 0 Å². The Hall–Kier alpha value is -3.42. The van der Waals surface area contributed by atoms with E-state index in [0.29, 0.717) is 11.0 Å². The molecular weight excluding hydrogens is 348 g/mol. The molecule has 134 valence electrons. The largest absolute Gasteiger partial charge is 0.493 e. The van der Waals surface area contributed by atoms with Crippen molar-refractivity contribution in [2.24, 2.45) is 0 Å². The molecule has 2 aromatic carbocycles. The van der Waals surface area contributed by atoms with Crippen molar-refractivity contribution < 1.29 is 27.5 Å². The maximum Gasteiger partial charge on any atom is 0.387 e. The van der Waals surface area contributed by atoms with Crippen molar-refractivity contribution in [3.05, 3.63) is 64.5 Å². The first kappa shape index (κ1) is 17.4. The number of alkyl halides is 2. The SMILES string of the molecule is COc1ccc(NC(=O)c2cc3ccccc3oc2=O)cc1OC(F)F. The molecule has 6 nitrogen and oxygen atoms in total. The molecule has 0 aliphatic heterocycles. The number of fused-ring (bicyclic) bond motifs is 1. The van der Waals surface area contributed by atoms with Crippen LogP contribution in [0.1, 0.15) is 10.4 Å². The highest BCUT2D eigenvalue weighted by molar-refractivity contribution is 6.05. The minimum Gasteiger partial charge on any atom is -0.493 e. The summed E-state index contributed by atoms with van der Waals surface area (Å²) >= 11 is 0. The quantitative estimate of drug-likeness (QED) is 0.702. The zero-order valence-electron chi connectivity index (χ0n) is 13.5. The molecule has 0 unspecified atom stereocenters. The number of rotatable bonds is 5. The predicted molar refractivity (Wildman–Crippen MR) is 90.1 cm³/mol. The number of hydrogen-bond donors (Lipinski definition) is 1. The van der Waals surface area contributed by atoms with Gasteiger partial charge in [-0.1, -0.05) is 18.2 Å². The number of para-hydroxylation sites is 1. The molecule has 0 radical (unpaired) electrons. The molecule has 0 aliphatic carbocycles. The molecule has 8 heteroatoms. The van der Waals surface area contributed by atoms with E-state index in [4.69, 9.17) is 9.15 Å². The monoisotopic (exact) mass is 361 g/mol. The van der Waals surface area contributed by atoms with Gasteiger partial charge in [0.05, 0.1) is 7.11 Å². The van der Waals surface area contributed by atoms with E-state index in [2.05, 4.69) is 10.1 Å². The summed E-state index contributed by atoms with van der Waals surface area (Å²) in [6, 6.07) is 12.1. The summed E-state index contributed by atoms with van der Waals surface area (Å²) in [5.74, 6) is -0.906. The molecule has 0 aliphatic rings. The van der Waals surface area contributed by atoms with Crippen LogP contribution in [0.25, 0.3) is 11.0 Å². The predicted octanol–water partition coefficient (Wildman–Crippen LogP) is 3.66. The number of carbonyl (C=O) groups is 1. The highest BCUT2D eigenvalue weighted by Crippen LogP contribution is 2.31. The lowest BCUT2D eigenvalue weighted by molar-refractivity contribution is -0.0511. The summed E-state index contributed by atoms with van der Waals surface area (Å²) in [7, 11) is 1.30. The third kappa shape index (κ3) is 3.64. The summed E-state index contributed by atoms with van der Waals surface area (Å²) in [4.78, 5) is 24.4. The Morgan fingerprint density at radius 1 is 1.12 bits per heavy atom. The lowest BCUT2D eigenvalue weighted by atomic mass is 10.1. The van der Waals surface area contributed by atoms with Gasteiger partial charge in [0.25, 0.3) is 5.91 Å². The van der Waals surface area contributed by atoms with Gasteiger partial charge in [-0.15, -0.1) is 0 Å². The summed E-state index contributed by atoms with van der Waals surface area (Å²) in [5, 5.41) is 3.03. The second kappa shape index (κ2) is 7.22. The molecule has 0 spiro atoms. The Bertz CT molecular complexity index is 1020. The van der Waals surface area contributed by atoms with E-state index in [1.165, 1.54) is 31.4 Å². The van der Waals surface area contributed by atoms with Crippen LogP contribution in [0.2, 0.25) is 0 Å². The van der Waals surface area contributed by atoms with Crippen molar-refractivity contribution in [2.75, 3.05) is 12.4 Å². The van der Waals surface area contributed by atoms with E-state index in [1.807, 2.05) is 0 Å². The average molecular weight is 361 g/mol. The second-order valence-electron chi connectivity index (χ2n) is 5.18. The minimum absolute atomic E-state index is 0.0773. The van der Waals surface area contributed by atoms with Gasteiger partial charge in [0.2, 0.25) is 0 Å². The van der Waals surface area contributed by atoms with Crippen molar-refractivity contribution in [3.8, 4) is 11.5 Å². The van der Waals surface area contributed by atoms with Crippen molar-refractivity contribution in [1.29, 1.82) is 0 Å². The summed E-state index contributed by atoms with van der Waals surface area (Å²) in [6.07, 6.45) is 0. The fourth-order valence-corrected chi connectivity index (χ4v) is 2.36. The molecule has 3 rings (SSSR count). The van der Waals surface area contributed by atoms with Crippen LogP contribution in [-0.4, -0.2) is 19.6 Å². The number of halogens is 2. The lowest BCUT2D eigenvalue weighted by Gasteiger charge is -2.12. The summed E-state index contributed by atoms with van der Waals surface area (Å²) < 4.78 is 39.3. The molecule has 3 aromatic rings. The van der Waals surface area contributed by atoms with Crippen molar-refractivity contribution >= 4 is 22.6 Å². The molecule has 0 bridgehead atoms. The third-order valence-corrected chi connectivity index (χ3v) is 3.52. The number of methoxy groups -OCH3 is 1. The maximum absolute atomic E-state index is 12.5. The van der Waals surface area contributed by atoms with Crippen LogP contribution in [0.4, 0.5) is 14.5 Å². The number of benzene rings is 2. The Kier molecular flexibility index (Phi) is 4.83. The summed E-state index contributed by atoms with van der Waals surface area (Å²) in [5.41, 5.74) is -0.514. The Morgan fingerprint density at radius 3 is 2.62 bits per heavy atom. The number of hydrogen-bond acceptors (Lipinski definition) is 5. The summed E-state index contributed by atoms with van der Waals surface area (Å²) in [6.45, 7) is -3.05. The molecular formula is C18H13F2NO5. The highest BCUT2D eigenvalue weighted by atomic mass is 19.3. The number of amides is 1. The normalized spacial score (nSPS) is 10.8. The van der Waals surface area contributed by atoms with Crippen LogP contribution in [0.5, 0.6) is 11.5 Å². The van der Waals surface area contributed by atoms with Crippen LogP contribution in [0.3, 0.4) is 0 Å². The molecule has 1 heterocycles. The molecule has 1 aromatic heterocycles. The van der Waals surface area contributed by atoms with Gasteiger partial charge in [-0.25, -0.2) is 4.79 Å². The van der Waals surface area contributed by atoms with Crippen molar-refractivity contribution in [2.45, 2.75) is 6.61 Å². The molecule has 1 N–H and O–H groups in total. The number of carbonyl (C=O) groups excluding carboxylic acids is 1. The van der Waals surface area contributed by atoms with Crippen molar-refractivity contribution in [1.82, 2.24) is 0 Å². The van der Waals surface area contributed by atoms with E-state index in [1.54, 1.807) is 24.3 Å². The second-order valence-corrected chi connectivity index (χ2v) is 5.18. The van der Waals surface area contributed by atoms with Gasteiger partial charge < -0.3 is 19.2 Å². The van der Waals surface area contributed by atoms with Gasteiger partial charge >= 0.3 is 12.2 Å². The van der Waals surface area contributed by atoms with Gasteiger partial charge in [-0.05, 0) is 24.3 Å². The zero-order valence-corrected chi connectivity index (χ0v) is 13.5. The van der Waals surface area contributed by atoms with Crippen LogP contribution in [0.15, 0.2) is 57.7 Å². The molecule has 0 fully saturated rings. The van der Waals surface area contributed by atoms with Crippen LogP contribution in [-0.2, 0) is 0 Å². The van der Waals surface area contributed by atoms with Crippen molar-refractivity contribution in [3.63, 3.8) is 0 Å². The van der Waals surface area contributed by atoms with E-state index < -0.39 is 18.1 Å². The number of ether oxygens (including phenoxy) is 2. The van der Waals surface area contributed by atoms with Crippen LogP contribution < -0.4 is 20.4 Å². The molecule has 0 saturated heterocycles. The Morgan fingerprint density at radius 2 is 1.88 bits per heavy atom. The highest BCUT2D eigenvalue weighted by Gasteiger charge is 2.16. The van der Waals surface area contributed by atoms with Crippen LogP contribution in [0, 0.1) is 0 Å². The third-order valence-electron chi connectivity index (χ3n) is 3.52. The van der Waals surface area contributed by atoms with Gasteiger partial charge in [0.15, 0.2) is 11.5 Å². The molecule has 26 heavy (non-hydrogen) atoms. The fraction of sp³-hybridized carbons (Fsp3) is 0.111. The van der Waals surface area contributed by atoms with E-state index >= 15 is 0 Å². The first-order chi connectivity index (χ1) is 12.5. The lowest BCUT2D eigenvalue weighted by Crippen LogP contribution is -2.20. The van der Waals surface area contributed by atoms with Crippen LogP contribution >= 0.6 is 0 Å². The molecule has 0 saturated carbocycles. The molecule has 0 atom stereocenters. The zero-order chi connectivity index (χ0) is 18.7. The number of nitrogens with one attached hydrogen (secondary N) is 1. The topological polar surface area (TPSA) is 77.8 Å². The van der Waals surface area contributed by atoms with Gasteiger partial charge in [0.1, 0.15) is 11.1 Å². The number of anilines is 1. The minimum atomic E-state index is -3.05. The first-order valence-electron chi connectivity index (χ1n) is 7.45. The van der Waals surface area contributed by atoms with E-state index in [9.17, 15) is 18.4 Å². The standard InChI is InChI=1S/C18H13F2NO5/c1-24-14-7-6-11(9-15(14)26-18(19)20)21-16(22)12-8-10-4-2-3-5-13(10)25-17(12)23/h2-9,18H,1H3,(H,21,22). The Balaban J connectivity index is 1.90. The maximum atomic E-state index is 12.5. The average Bonchev–Trinajstić information content (AvgIpc) is 2.60. The van der Waals surface area contributed by atoms with Gasteiger partial charge in [-0.3, -0.25) is 4.79 Å². The first-order valence-corrected chi connectivity index (χ1v) is 7.45.